The topological polar surface area (TPSA) is 63.7 Å². The number of hydrogen-bond donors (Lipinski definition) is 0. The number of nitrogens with zero attached hydrogens (tertiary/aromatic N) is 1. The van der Waals surface area contributed by atoms with Crippen LogP contribution in [0.25, 0.3) is 11.0 Å². The molecule has 3 heterocycles. The van der Waals surface area contributed by atoms with Crippen molar-refractivity contribution in [3.63, 3.8) is 0 Å². The summed E-state index contributed by atoms with van der Waals surface area (Å²) in [4.78, 5) is 28.4. The Hall–Kier alpha value is -2.83. The standard InChI is InChI=1S/C23H15BrClNO4/c1-12-9-18-16(10-17(12)25)21(27)19-20(13-4-6-14(24)7-5-13)26(23(28)22(19)30-18)11-15-3-2-8-29-15/h2-10,20H,11H2,1H3. The Labute approximate surface area is 185 Å². The Balaban J connectivity index is 1.76. The van der Waals surface area contributed by atoms with Crippen LogP contribution in [0, 0.1) is 6.92 Å². The maximum absolute atomic E-state index is 13.5. The molecule has 1 atom stereocenters. The van der Waals surface area contributed by atoms with E-state index >= 15 is 0 Å². The van der Waals surface area contributed by atoms with Gasteiger partial charge >= 0.3 is 0 Å². The number of carbonyl (C=O) groups is 1. The number of amides is 1. The summed E-state index contributed by atoms with van der Waals surface area (Å²) in [6.07, 6.45) is 1.56. The fraction of sp³-hybridized carbons (Fsp3) is 0.130. The van der Waals surface area contributed by atoms with E-state index < -0.39 is 6.04 Å². The lowest BCUT2D eigenvalue weighted by Gasteiger charge is -2.24. The highest BCUT2D eigenvalue weighted by atomic mass is 79.9. The molecular weight excluding hydrogens is 470 g/mol. The van der Waals surface area contributed by atoms with E-state index in [4.69, 9.17) is 20.4 Å². The molecule has 0 bridgehead atoms. The van der Waals surface area contributed by atoms with E-state index in [1.54, 1.807) is 35.4 Å². The average Bonchev–Trinajstić information content (AvgIpc) is 3.33. The van der Waals surface area contributed by atoms with Gasteiger partial charge in [-0.25, -0.2) is 0 Å². The Bertz CT molecular complexity index is 1340. The first kappa shape index (κ1) is 19.2. The van der Waals surface area contributed by atoms with Crippen molar-refractivity contribution in [2.24, 2.45) is 0 Å². The zero-order valence-electron chi connectivity index (χ0n) is 15.8. The van der Waals surface area contributed by atoms with E-state index in [0.717, 1.165) is 15.6 Å². The van der Waals surface area contributed by atoms with Gasteiger partial charge in [0.15, 0.2) is 5.43 Å². The number of halogens is 2. The molecule has 4 aromatic rings. The fourth-order valence-corrected chi connectivity index (χ4v) is 4.29. The molecule has 2 aromatic carbocycles. The van der Waals surface area contributed by atoms with Crippen LogP contribution in [0.4, 0.5) is 0 Å². The molecular formula is C23H15BrClNO4. The third kappa shape index (κ3) is 2.99. The van der Waals surface area contributed by atoms with Crippen LogP contribution in [-0.2, 0) is 6.54 Å². The Kier molecular flexibility index (Phi) is 4.56. The van der Waals surface area contributed by atoms with Crippen LogP contribution in [0.1, 0.15) is 39.0 Å². The van der Waals surface area contributed by atoms with Crippen molar-refractivity contribution in [1.82, 2.24) is 4.90 Å². The van der Waals surface area contributed by atoms with Gasteiger partial charge in [-0.15, -0.1) is 0 Å². The lowest BCUT2D eigenvalue weighted by Crippen LogP contribution is -2.29. The van der Waals surface area contributed by atoms with Gasteiger partial charge in [-0.1, -0.05) is 39.7 Å². The summed E-state index contributed by atoms with van der Waals surface area (Å²) in [6, 6.07) is 13.8. The molecule has 150 valence electrons. The number of carbonyl (C=O) groups excluding carboxylic acids is 1. The zero-order valence-corrected chi connectivity index (χ0v) is 18.2. The molecule has 1 amide bonds. The summed E-state index contributed by atoms with van der Waals surface area (Å²) in [6.45, 7) is 2.04. The normalized spacial score (nSPS) is 15.8. The first-order valence-corrected chi connectivity index (χ1v) is 10.5. The Morgan fingerprint density at radius 3 is 2.60 bits per heavy atom. The summed E-state index contributed by atoms with van der Waals surface area (Å²) in [5, 5.41) is 0.839. The Morgan fingerprint density at radius 2 is 1.90 bits per heavy atom. The van der Waals surface area contributed by atoms with Gasteiger partial charge in [-0.05, 0) is 54.4 Å². The minimum atomic E-state index is -0.591. The first-order chi connectivity index (χ1) is 14.4. The molecule has 5 nitrogen and oxygen atoms in total. The third-order valence-corrected chi connectivity index (χ3v) is 6.27. The van der Waals surface area contributed by atoms with Gasteiger partial charge in [-0.2, -0.15) is 0 Å². The molecule has 30 heavy (non-hydrogen) atoms. The molecule has 0 saturated heterocycles. The van der Waals surface area contributed by atoms with E-state index in [2.05, 4.69) is 15.9 Å². The largest absolute Gasteiger partial charge is 0.467 e. The number of benzene rings is 2. The predicted octanol–water partition coefficient (Wildman–Crippen LogP) is 5.86. The molecule has 0 N–H and O–H groups in total. The number of hydrogen-bond acceptors (Lipinski definition) is 4. The maximum Gasteiger partial charge on any atom is 0.291 e. The third-order valence-electron chi connectivity index (χ3n) is 5.34. The van der Waals surface area contributed by atoms with Gasteiger partial charge in [0.2, 0.25) is 5.76 Å². The smallest absolute Gasteiger partial charge is 0.291 e. The number of aryl methyl sites for hydroxylation is 1. The van der Waals surface area contributed by atoms with Crippen LogP contribution < -0.4 is 5.43 Å². The lowest BCUT2D eigenvalue weighted by molar-refractivity contribution is 0.0701. The number of furan rings is 1. The van der Waals surface area contributed by atoms with Crippen LogP contribution >= 0.6 is 27.5 Å². The summed E-state index contributed by atoms with van der Waals surface area (Å²) >= 11 is 9.69. The first-order valence-electron chi connectivity index (χ1n) is 9.29. The molecule has 0 radical (unpaired) electrons. The van der Waals surface area contributed by atoms with Crippen molar-refractivity contribution in [2.75, 3.05) is 0 Å². The maximum atomic E-state index is 13.5. The van der Waals surface area contributed by atoms with E-state index in [1.165, 1.54) is 0 Å². The molecule has 2 aromatic heterocycles. The molecule has 0 fully saturated rings. The van der Waals surface area contributed by atoms with Gasteiger partial charge in [0, 0.05) is 9.50 Å². The van der Waals surface area contributed by atoms with Crippen LogP contribution in [0.5, 0.6) is 0 Å². The fourth-order valence-electron chi connectivity index (χ4n) is 3.87. The second-order valence-corrected chi connectivity index (χ2v) is 8.56. The van der Waals surface area contributed by atoms with E-state index in [0.29, 0.717) is 27.3 Å². The molecule has 5 rings (SSSR count). The van der Waals surface area contributed by atoms with Crippen LogP contribution in [0.3, 0.4) is 0 Å². The van der Waals surface area contributed by atoms with E-state index in [1.807, 2.05) is 31.2 Å². The summed E-state index contributed by atoms with van der Waals surface area (Å²) in [5.74, 6) is 0.337. The van der Waals surface area contributed by atoms with Crippen LogP contribution in [0.15, 0.2) is 72.9 Å². The van der Waals surface area contributed by atoms with Crippen LogP contribution in [0.2, 0.25) is 5.02 Å². The van der Waals surface area contributed by atoms with Gasteiger partial charge in [0.05, 0.1) is 29.8 Å². The van der Waals surface area contributed by atoms with Crippen molar-refractivity contribution < 1.29 is 13.6 Å². The average molecular weight is 485 g/mol. The van der Waals surface area contributed by atoms with Gasteiger partial charge in [-0.3, -0.25) is 9.59 Å². The SMILES string of the molecule is Cc1cc2oc3c(c(=O)c2cc1Cl)C(c1ccc(Br)cc1)N(Cc1ccco1)C3=O. The van der Waals surface area contributed by atoms with Crippen molar-refractivity contribution >= 4 is 44.4 Å². The molecule has 1 aliphatic heterocycles. The van der Waals surface area contributed by atoms with Gasteiger partial charge < -0.3 is 13.7 Å². The van der Waals surface area contributed by atoms with Gasteiger partial charge in [0.25, 0.3) is 5.91 Å². The van der Waals surface area contributed by atoms with Crippen molar-refractivity contribution in [2.45, 2.75) is 19.5 Å². The summed E-state index contributed by atoms with van der Waals surface area (Å²) in [7, 11) is 0. The molecule has 0 saturated carbocycles. The second kappa shape index (κ2) is 7.15. The summed E-state index contributed by atoms with van der Waals surface area (Å²) in [5.41, 5.74) is 2.00. The minimum absolute atomic E-state index is 0.0636. The monoisotopic (exact) mass is 483 g/mol. The van der Waals surface area contributed by atoms with Crippen molar-refractivity contribution in [3.8, 4) is 0 Å². The highest BCUT2D eigenvalue weighted by Gasteiger charge is 2.43. The molecule has 0 aliphatic carbocycles. The molecule has 7 heteroatoms. The quantitative estimate of drug-likeness (QED) is 0.366. The Morgan fingerprint density at radius 1 is 1.13 bits per heavy atom. The minimum Gasteiger partial charge on any atom is -0.467 e. The highest BCUT2D eigenvalue weighted by molar-refractivity contribution is 9.10. The van der Waals surface area contributed by atoms with Crippen LogP contribution in [-0.4, -0.2) is 10.8 Å². The summed E-state index contributed by atoms with van der Waals surface area (Å²) < 4.78 is 12.3. The van der Waals surface area contributed by atoms with E-state index in [9.17, 15) is 9.59 Å². The molecule has 1 aliphatic rings. The lowest BCUT2D eigenvalue weighted by atomic mass is 9.98. The van der Waals surface area contributed by atoms with E-state index in [-0.39, 0.29) is 23.6 Å². The van der Waals surface area contributed by atoms with Gasteiger partial charge in [0.1, 0.15) is 11.3 Å². The highest BCUT2D eigenvalue weighted by Crippen LogP contribution is 2.40. The predicted molar refractivity (Wildman–Crippen MR) is 117 cm³/mol. The van der Waals surface area contributed by atoms with Crippen molar-refractivity contribution in [3.05, 3.63) is 103 Å². The number of rotatable bonds is 3. The zero-order chi connectivity index (χ0) is 21.0. The second-order valence-electron chi connectivity index (χ2n) is 7.24. The number of fused-ring (bicyclic) bond motifs is 2. The molecule has 1 unspecified atom stereocenters. The molecule has 0 spiro atoms. The van der Waals surface area contributed by atoms with Crippen molar-refractivity contribution in [1.29, 1.82) is 0 Å².